The molecule has 1 aliphatic heterocycles. The van der Waals surface area contributed by atoms with E-state index >= 15 is 0 Å². The number of rotatable bonds is 7. The van der Waals surface area contributed by atoms with Crippen LogP contribution in [0.25, 0.3) is 6.08 Å². The maximum atomic E-state index is 12.5. The van der Waals surface area contributed by atoms with E-state index in [1.165, 1.54) is 6.08 Å². The van der Waals surface area contributed by atoms with Crippen LogP contribution in [0.15, 0.2) is 53.2 Å². The van der Waals surface area contributed by atoms with Gasteiger partial charge in [-0.05, 0) is 42.8 Å². The molecule has 1 fully saturated rings. The van der Waals surface area contributed by atoms with Crippen molar-refractivity contribution in [3.05, 3.63) is 60.1 Å². The lowest BCUT2D eigenvalue weighted by Gasteiger charge is -2.15. The number of benzene rings is 1. The number of likely N-dealkylation sites (tertiary alicyclic amines) is 1. The van der Waals surface area contributed by atoms with Crippen LogP contribution < -0.4 is 5.32 Å². The van der Waals surface area contributed by atoms with Crippen LogP contribution in [0.5, 0.6) is 0 Å². The van der Waals surface area contributed by atoms with Crippen LogP contribution in [0.3, 0.4) is 0 Å². The second kappa shape index (κ2) is 9.03. The minimum atomic E-state index is -0.398. The van der Waals surface area contributed by atoms with Gasteiger partial charge >= 0.3 is 5.97 Å². The van der Waals surface area contributed by atoms with Crippen molar-refractivity contribution < 1.29 is 23.5 Å². The van der Waals surface area contributed by atoms with Gasteiger partial charge in [-0.15, -0.1) is 0 Å². The van der Waals surface area contributed by atoms with Gasteiger partial charge in [-0.2, -0.15) is 0 Å². The number of carbonyl (C=O) groups is 3. The summed E-state index contributed by atoms with van der Waals surface area (Å²) < 4.78 is 10.1. The van der Waals surface area contributed by atoms with Gasteiger partial charge in [-0.25, -0.2) is 4.79 Å². The van der Waals surface area contributed by atoms with Gasteiger partial charge in [0.25, 0.3) is 0 Å². The summed E-state index contributed by atoms with van der Waals surface area (Å²) in [6.07, 6.45) is 4.75. The molecule has 2 amide bonds. The molecule has 1 saturated heterocycles. The van der Waals surface area contributed by atoms with E-state index in [2.05, 4.69) is 5.32 Å². The third kappa shape index (κ3) is 5.09. The molecule has 3 rings (SSSR count). The lowest BCUT2D eigenvalue weighted by Crippen LogP contribution is -2.27. The number of ether oxygens (including phenoxy) is 1. The van der Waals surface area contributed by atoms with Crippen molar-refractivity contribution in [3.8, 4) is 0 Å². The fraction of sp³-hybridized carbons (Fsp3) is 0.286. The van der Waals surface area contributed by atoms with Gasteiger partial charge in [-0.1, -0.05) is 12.1 Å². The van der Waals surface area contributed by atoms with Crippen LogP contribution in [0, 0.1) is 5.92 Å². The highest BCUT2D eigenvalue weighted by atomic mass is 16.5. The summed E-state index contributed by atoms with van der Waals surface area (Å²) in [6.45, 7) is 2.82. The molecule has 0 spiro atoms. The highest BCUT2D eigenvalue weighted by Gasteiger charge is 2.34. The Bertz CT molecular complexity index is 855. The second-order valence-electron chi connectivity index (χ2n) is 6.45. The molecule has 2 aromatic rings. The van der Waals surface area contributed by atoms with Crippen LogP contribution >= 0.6 is 0 Å². The molecular weight excluding hydrogens is 360 g/mol. The van der Waals surface area contributed by atoms with Gasteiger partial charge in [0.1, 0.15) is 5.76 Å². The van der Waals surface area contributed by atoms with Gasteiger partial charge in [-0.3, -0.25) is 9.59 Å². The number of carbonyl (C=O) groups excluding carboxylic acids is 3. The highest BCUT2D eigenvalue weighted by molar-refractivity contribution is 5.97. The molecule has 7 nitrogen and oxygen atoms in total. The van der Waals surface area contributed by atoms with Gasteiger partial charge in [0.15, 0.2) is 0 Å². The number of esters is 1. The second-order valence-corrected chi connectivity index (χ2v) is 6.45. The van der Waals surface area contributed by atoms with Crippen molar-refractivity contribution >= 4 is 29.5 Å². The number of hydrogen-bond donors (Lipinski definition) is 1. The number of furan rings is 1. The summed E-state index contributed by atoms with van der Waals surface area (Å²) in [4.78, 5) is 37.6. The highest BCUT2D eigenvalue weighted by Crippen LogP contribution is 2.22. The quantitative estimate of drug-likeness (QED) is 0.588. The van der Waals surface area contributed by atoms with E-state index in [0.717, 1.165) is 5.56 Å². The molecule has 0 bridgehead atoms. The molecule has 7 heteroatoms. The first-order valence-electron chi connectivity index (χ1n) is 9.11. The van der Waals surface area contributed by atoms with Gasteiger partial charge in [0.05, 0.1) is 25.3 Å². The van der Waals surface area contributed by atoms with E-state index < -0.39 is 11.9 Å². The average molecular weight is 382 g/mol. The van der Waals surface area contributed by atoms with Crippen LogP contribution in [-0.2, 0) is 25.7 Å². The predicted octanol–water partition coefficient (Wildman–Crippen LogP) is 2.84. The van der Waals surface area contributed by atoms with Gasteiger partial charge in [0.2, 0.25) is 11.8 Å². The third-order valence-corrected chi connectivity index (χ3v) is 4.39. The minimum Gasteiger partial charge on any atom is -0.467 e. The van der Waals surface area contributed by atoms with Crippen LogP contribution in [0.2, 0.25) is 0 Å². The smallest absolute Gasteiger partial charge is 0.330 e. The lowest BCUT2D eigenvalue weighted by molar-refractivity contribution is -0.137. The molecule has 0 radical (unpaired) electrons. The summed E-state index contributed by atoms with van der Waals surface area (Å²) >= 11 is 0. The van der Waals surface area contributed by atoms with Crippen LogP contribution in [-0.4, -0.2) is 35.8 Å². The van der Waals surface area contributed by atoms with Crippen molar-refractivity contribution in [3.63, 3.8) is 0 Å². The zero-order chi connectivity index (χ0) is 19.9. The Labute approximate surface area is 163 Å². The fourth-order valence-corrected chi connectivity index (χ4v) is 2.97. The fourth-order valence-electron chi connectivity index (χ4n) is 2.97. The Kier molecular flexibility index (Phi) is 6.26. The van der Waals surface area contributed by atoms with Gasteiger partial charge in [0, 0.05) is 24.7 Å². The number of anilines is 1. The molecule has 0 saturated carbocycles. The Morgan fingerprint density at radius 3 is 2.75 bits per heavy atom. The standard InChI is InChI=1S/C21H22N2O5/c1-2-27-20(25)10-7-15-5-8-17(9-6-15)22-21(26)16-12-19(24)23(13-16)14-18-4-3-11-28-18/h3-11,16H,2,12-14H2,1H3,(H,22,26). The number of nitrogens with zero attached hydrogens (tertiary/aromatic N) is 1. The van der Waals surface area contributed by atoms with Crippen molar-refractivity contribution in [2.75, 3.05) is 18.5 Å². The first-order valence-corrected chi connectivity index (χ1v) is 9.11. The average Bonchev–Trinajstić information content (AvgIpc) is 3.32. The molecule has 1 aliphatic rings. The molecule has 1 aromatic heterocycles. The van der Waals surface area contributed by atoms with Crippen molar-refractivity contribution in [2.24, 2.45) is 5.92 Å². The molecule has 0 aliphatic carbocycles. The van der Waals surface area contributed by atoms with Crippen molar-refractivity contribution in [1.82, 2.24) is 4.90 Å². The maximum absolute atomic E-state index is 12.5. The summed E-state index contributed by atoms with van der Waals surface area (Å²) in [6, 6.07) is 10.6. The number of hydrogen-bond acceptors (Lipinski definition) is 5. The minimum absolute atomic E-state index is 0.0593. The zero-order valence-electron chi connectivity index (χ0n) is 15.6. The monoisotopic (exact) mass is 382 g/mol. The molecule has 1 N–H and O–H groups in total. The van der Waals surface area contributed by atoms with E-state index in [-0.39, 0.29) is 18.2 Å². The van der Waals surface area contributed by atoms with E-state index in [1.54, 1.807) is 60.6 Å². The van der Waals surface area contributed by atoms with E-state index in [1.807, 2.05) is 0 Å². The first-order chi connectivity index (χ1) is 13.5. The first kappa shape index (κ1) is 19.4. The molecule has 28 heavy (non-hydrogen) atoms. The third-order valence-electron chi connectivity index (χ3n) is 4.39. The summed E-state index contributed by atoms with van der Waals surface area (Å²) in [5, 5.41) is 2.84. The Morgan fingerprint density at radius 2 is 2.07 bits per heavy atom. The summed E-state index contributed by atoms with van der Waals surface area (Å²) in [7, 11) is 0. The van der Waals surface area contributed by atoms with E-state index in [9.17, 15) is 14.4 Å². The number of amides is 2. The predicted molar refractivity (Wildman–Crippen MR) is 103 cm³/mol. The van der Waals surface area contributed by atoms with Gasteiger partial charge < -0.3 is 19.4 Å². The zero-order valence-corrected chi connectivity index (χ0v) is 15.6. The molecular formula is C21H22N2O5. The topological polar surface area (TPSA) is 88.8 Å². The normalized spacial score (nSPS) is 16.5. The van der Waals surface area contributed by atoms with E-state index in [0.29, 0.717) is 31.1 Å². The van der Waals surface area contributed by atoms with Crippen LogP contribution in [0.1, 0.15) is 24.7 Å². The summed E-state index contributed by atoms with van der Waals surface area (Å²) in [5.41, 5.74) is 1.45. The lowest BCUT2D eigenvalue weighted by atomic mass is 10.1. The molecule has 2 heterocycles. The molecule has 146 valence electrons. The maximum Gasteiger partial charge on any atom is 0.330 e. The van der Waals surface area contributed by atoms with Crippen molar-refractivity contribution in [1.29, 1.82) is 0 Å². The summed E-state index contributed by atoms with van der Waals surface area (Å²) in [5.74, 6) is -0.349. The number of nitrogens with one attached hydrogen (secondary N) is 1. The largest absolute Gasteiger partial charge is 0.467 e. The Hall–Kier alpha value is -3.35. The molecule has 1 aromatic carbocycles. The SMILES string of the molecule is CCOC(=O)C=Cc1ccc(NC(=O)C2CC(=O)N(Cc3ccco3)C2)cc1. The van der Waals surface area contributed by atoms with E-state index in [4.69, 9.17) is 9.15 Å². The Morgan fingerprint density at radius 1 is 1.29 bits per heavy atom. The van der Waals surface area contributed by atoms with Crippen LogP contribution in [0.4, 0.5) is 5.69 Å². The molecule has 1 atom stereocenters. The van der Waals surface area contributed by atoms with Crippen molar-refractivity contribution in [2.45, 2.75) is 19.9 Å². The molecule has 1 unspecified atom stereocenters. The Balaban J connectivity index is 1.53.